The Balaban J connectivity index is 2.21. The Bertz CT molecular complexity index is 448. The third kappa shape index (κ3) is 2.18. The van der Waals surface area contributed by atoms with Crippen molar-refractivity contribution in [2.24, 2.45) is 5.73 Å². The summed E-state index contributed by atoms with van der Waals surface area (Å²) < 4.78 is 1.13. The second-order valence-corrected chi connectivity index (χ2v) is 4.15. The van der Waals surface area contributed by atoms with E-state index in [9.17, 15) is 4.79 Å². The standard InChI is InChI=1S/C9H13ClN4O2/c10-8-7(13-6-3-5(6)11)4-12-14(1-2-15)9(8)16/h4-6,13,15H,1-3,11H2. The molecule has 88 valence electrons. The lowest BCUT2D eigenvalue weighted by Gasteiger charge is -2.08. The molecule has 1 aliphatic rings. The summed E-state index contributed by atoms with van der Waals surface area (Å²) in [5.74, 6) is 0. The molecule has 0 amide bonds. The molecule has 16 heavy (non-hydrogen) atoms. The molecule has 2 rings (SSSR count). The van der Waals surface area contributed by atoms with E-state index in [0.29, 0.717) is 5.69 Å². The lowest BCUT2D eigenvalue weighted by Crippen LogP contribution is -2.26. The number of rotatable bonds is 4. The van der Waals surface area contributed by atoms with Gasteiger partial charge in [0.1, 0.15) is 5.02 Å². The SMILES string of the molecule is NC1CC1Nc1cnn(CCO)c(=O)c1Cl. The van der Waals surface area contributed by atoms with E-state index in [2.05, 4.69) is 10.4 Å². The number of nitrogens with zero attached hydrogens (tertiary/aromatic N) is 2. The zero-order valence-corrected chi connectivity index (χ0v) is 9.31. The summed E-state index contributed by atoms with van der Waals surface area (Å²) in [6.07, 6.45) is 2.35. The van der Waals surface area contributed by atoms with E-state index in [1.165, 1.54) is 6.20 Å². The van der Waals surface area contributed by atoms with Crippen molar-refractivity contribution in [3.63, 3.8) is 0 Å². The van der Waals surface area contributed by atoms with Crippen molar-refractivity contribution in [3.05, 3.63) is 21.6 Å². The number of aliphatic hydroxyl groups excluding tert-OH is 1. The highest BCUT2D eigenvalue weighted by molar-refractivity contribution is 6.32. The number of hydrogen-bond donors (Lipinski definition) is 3. The monoisotopic (exact) mass is 244 g/mol. The number of hydrogen-bond acceptors (Lipinski definition) is 5. The molecule has 1 saturated carbocycles. The maximum absolute atomic E-state index is 11.6. The summed E-state index contributed by atoms with van der Waals surface area (Å²) >= 11 is 5.90. The van der Waals surface area contributed by atoms with Crippen LogP contribution in [0.2, 0.25) is 5.02 Å². The molecule has 1 aromatic heterocycles. The molecule has 4 N–H and O–H groups in total. The predicted molar refractivity (Wildman–Crippen MR) is 60.6 cm³/mol. The highest BCUT2D eigenvalue weighted by Gasteiger charge is 2.34. The van der Waals surface area contributed by atoms with Gasteiger partial charge in [-0.3, -0.25) is 4.79 Å². The molecule has 0 radical (unpaired) electrons. The summed E-state index contributed by atoms with van der Waals surface area (Å²) in [5, 5.41) is 15.7. The van der Waals surface area contributed by atoms with Gasteiger partial charge in [0.2, 0.25) is 0 Å². The van der Waals surface area contributed by atoms with E-state index in [1.54, 1.807) is 0 Å². The quantitative estimate of drug-likeness (QED) is 0.658. The van der Waals surface area contributed by atoms with Crippen LogP contribution in [0.25, 0.3) is 0 Å². The van der Waals surface area contributed by atoms with E-state index in [0.717, 1.165) is 11.1 Å². The maximum Gasteiger partial charge on any atom is 0.287 e. The molecular weight excluding hydrogens is 232 g/mol. The lowest BCUT2D eigenvalue weighted by molar-refractivity contribution is 0.266. The summed E-state index contributed by atoms with van der Waals surface area (Å²) in [5.41, 5.74) is 5.73. The first-order chi connectivity index (χ1) is 7.63. The number of anilines is 1. The molecule has 6 nitrogen and oxygen atoms in total. The van der Waals surface area contributed by atoms with Gasteiger partial charge in [0.05, 0.1) is 25.0 Å². The average Bonchev–Trinajstić information content (AvgIpc) is 2.94. The third-order valence-corrected chi connectivity index (χ3v) is 2.84. The van der Waals surface area contributed by atoms with Crippen LogP contribution in [0.3, 0.4) is 0 Å². The second-order valence-electron chi connectivity index (χ2n) is 3.77. The Labute approximate surface area is 97.0 Å². The van der Waals surface area contributed by atoms with Crippen LogP contribution in [-0.2, 0) is 6.54 Å². The highest BCUT2D eigenvalue weighted by Crippen LogP contribution is 2.26. The fourth-order valence-corrected chi connectivity index (χ4v) is 1.60. The first-order valence-corrected chi connectivity index (χ1v) is 5.40. The fraction of sp³-hybridized carbons (Fsp3) is 0.556. The molecule has 0 aromatic carbocycles. The Kier molecular flexibility index (Phi) is 3.13. The minimum absolute atomic E-state index is 0.0857. The van der Waals surface area contributed by atoms with Crippen LogP contribution in [0.4, 0.5) is 5.69 Å². The number of aromatic nitrogens is 2. The molecular formula is C9H13ClN4O2. The van der Waals surface area contributed by atoms with Gasteiger partial charge in [-0.2, -0.15) is 5.10 Å². The van der Waals surface area contributed by atoms with E-state index in [1.807, 2.05) is 0 Å². The first kappa shape index (κ1) is 11.4. The van der Waals surface area contributed by atoms with Crippen molar-refractivity contribution in [1.29, 1.82) is 0 Å². The van der Waals surface area contributed by atoms with Gasteiger partial charge in [-0.25, -0.2) is 4.68 Å². The van der Waals surface area contributed by atoms with Gasteiger partial charge in [0.25, 0.3) is 5.56 Å². The predicted octanol–water partition coefficient (Wildman–Crippen LogP) is -0.600. The molecule has 1 aromatic rings. The van der Waals surface area contributed by atoms with Gasteiger partial charge < -0.3 is 16.2 Å². The van der Waals surface area contributed by atoms with Gasteiger partial charge in [0.15, 0.2) is 0 Å². The first-order valence-electron chi connectivity index (χ1n) is 5.02. The van der Waals surface area contributed by atoms with E-state index < -0.39 is 5.56 Å². The molecule has 2 unspecified atom stereocenters. The Morgan fingerprint density at radius 3 is 3.00 bits per heavy atom. The van der Waals surface area contributed by atoms with Crippen molar-refractivity contribution in [3.8, 4) is 0 Å². The minimum atomic E-state index is -0.407. The molecule has 0 aliphatic heterocycles. The van der Waals surface area contributed by atoms with Crippen LogP contribution in [0.5, 0.6) is 0 Å². The van der Waals surface area contributed by atoms with Gasteiger partial charge in [-0.15, -0.1) is 0 Å². The number of halogens is 1. The smallest absolute Gasteiger partial charge is 0.287 e. The van der Waals surface area contributed by atoms with Gasteiger partial charge in [-0.05, 0) is 6.42 Å². The van der Waals surface area contributed by atoms with Gasteiger partial charge >= 0.3 is 0 Å². The second kappa shape index (κ2) is 4.40. The fourth-order valence-electron chi connectivity index (χ4n) is 1.40. The Morgan fingerprint density at radius 1 is 1.75 bits per heavy atom. The average molecular weight is 245 g/mol. The molecule has 1 aliphatic carbocycles. The van der Waals surface area contributed by atoms with Crippen molar-refractivity contribution in [1.82, 2.24) is 9.78 Å². The molecule has 1 fully saturated rings. The Morgan fingerprint density at radius 2 is 2.44 bits per heavy atom. The van der Waals surface area contributed by atoms with Crippen molar-refractivity contribution < 1.29 is 5.11 Å². The summed E-state index contributed by atoms with van der Waals surface area (Å²) in [6, 6.07) is 0.295. The zero-order chi connectivity index (χ0) is 11.7. The molecule has 0 bridgehead atoms. The highest BCUT2D eigenvalue weighted by atomic mass is 35.5. The summed E-state index contributed by atoms with van der Waals surface area (Å²) in [6.45, 7) is -0.00865. The Hall–Kier alpha value is -1.11. The van der Waals surface area contributed by atoms with Gasteiger partial charge in [0, 0.05) is 12.1 Å². The van der Waals surface area contributed by atoms with E-state index in [4.69, 9.17) is 22.4 Å². The van der Waals surface area contributed by atoms with Crippen LogP contribution in [-0.4, -0.2) is 33.6 Å². The number of nitrogens with two attached hydrogens (primary N) is 1. The third-order valence-electron chi connectivity index (χ3n) is 2.48. The topological polar surface area (TPSA) is 93.2 Å². The molecule has 0 spiro atoms. The molecule has 0 saturated heterocycles. The van der Waals surface area contributed by atoms with E-state index in [-0.39, 0.29) is 30.3 Å². The van der Waals surface area contributed by atoms with Crippen LogP contribution in [0.1, 0.15) is 6.42 Å². The van der Waals surface area contributed by atoms with Crippen molar-refractivity contribution in [2.75, 3.05) is 11.9 Å². The van der Waals surface area contributed by atoms with Crippen LogP contribution in [0.15, 0.2) is 11.0 Å². The molecule has 7 heteroatoms. The van der Waals surface area contributed by atoms with Crippen LogP contribution in [0, 0.1) is 0 Å². The molecule has 2 atom stereocenters. The van der Waals surface area contributed by atoms with Crippen molar-refractivity contribution in [2.45, 2.75) is 25.0 Å². The lowest BCUT2D eigenvalue weighted by atomic mass is 10.4. The van der Waals surface area contributed by atoms with Crippen LogP contribution < -0.4 is 16.6 Å². The van der Waals surface area contributed by atoms with Gasteiger partial charge in [-0.1, -0.05) is 11.6 Å². The zero-order valence-electron chi connectivity index (χ0n) is 8.56. The van der Waals surface area contributed by atoms with Crippen LogP contribution >= 0.6 is 11.6 Å². The minimum Gasteiger partial charge on any atom is -0.394 e. The summed E-state index contributed by atoms with van der Waals surface area (Å²) in [7, 11) is 0. The summed E-state index contributed by atoms with van der Waals surface area (Å²) in [4.78, 5) is 11.6. The number of aliphatic hydroxyl groups is 1. The van der Waals surface area contributed by atoms with E-state index >= 15 is 0 Å². The molecule has 1 heterocycles. The van der Waals surface area contributed by atoms with Crippen molar-refractivity contribution >= 4 is 17.3 Å². The largest absolute Gasteiger partial charge is 0.394 e. The maximum atomic E-state index is 11.6. The normalized spacial score (nSPS) is 23.2. The number of nitrogens with one attached hydrogen (secondary N) is 1.